The highest BCUT2D eigenvalue weighted by molar-refractivity contribution is 6.05. The van der Waals surface area contributed by atoms with E-state index in [1.165, 1.54) is 13.0 Å². The van der Waals surface area contributed by atoms with Gasteiger partial charge in [0.05, 0.1) is 0 Å². The third-order valence-corrected chi connectivity index (χ3v) is 3.64. The maximum absolute atomic E-state index is 12.2. The third-order valence-electron chi connectivity index (χ3n) is 3.64. The molecule has 3 rings (SSSR count). The molecule has 6 heteroatoms. The number of carbonyl (C=O) groups is 1. The van der Waals surface area contributed by atoms with Crippen molar-refractivity contribution in [2.45, 2.75) is 13.5 Å². The van der Waals surface area contributed by atoms with Gasteiger partial charge in [-0.25, -0.2) is 4.79 Å². The molecule has 0 bridgehead atoms. The fraction of sp³-hybridized carbons (Fsp3) is 0.100. The molecule has 132 valence electrons. The number of ether oxygens (including phenoxy) is 1. The van der Waals surface area contributed by atoms with Crippen molar-refractivity contribution in [3.8, 4) is 11.5 Å². The van der Waals surface area contributed by atoms with Gasteiger partial charge in [0.1, 0.15) is 23.9 Å². The normalized spacial score (nSPS) is 10.3. The van der Waals surface area contributed by atoms with Crippen LogP contribution in [0.1, 0.15) is 21.7 Å². The highest BCUT2D eigenvalue weighted by Crippen LogP contribution is 2.19. The Morgan fingerprint density at radius 3 is 2.46 bits per heavy atom. The molecule has 0 unspecified atom stereocenters. The van der Waals surface area contributed by atoms with Crippen LogP contribution in [0.4, 0.5) is 5.69 Å². The summed E-state index contributed by atoms with van der Waals surface area (Å²) in [5.41, 5.74) is 0.190. The molecule has 1 amide bonds. The van der Waals surface area contributed by atoms with E-state index < -0.39 is 22.8 Å². The number of carbonyl (C=O) groups excluding carboxylic acids is 1. The van der Waals surface area contributed by atoms with Gasteiger partial charge >= 0.3 is 5.63 Å². The van der Waals surface area contributed by atoms with E-state index >= 15 is 0 Å². The first kappa shape index (κ1) is 17.3. The Kier molecular flexibility index (Phi) is 5.03. The zero-order valence-electron chi connectivity index (χ0n) is 14.1. The highest BCUT2D eigenvalue weighted by Gasteiger charge is 2.18. The zero-order chi connectivity index (χ0) is 18.5. The van der Waals surface area contributed by atoms with Gasteiger partial charge in [0, 0.05) is 11.8 Å². The summed E-state index contributed by atoms with van der Waals surface area (Å²) in [5, 5.41) is 12.3. The van der Waals surface area contributed by atoms with E-state index in [4.69, 9.17) is 9.15 Å². The minimum absolute atomic E-state index is 0.226. The Bertz CT molecular complexity index is 962. The van der Waals surface area contributed by atoms with Crippen molar-refractivity contribution in [1.82, 2.24) is 0 Å². The molecule has 0 radical (unpaired) electrons. The zero-order valence-corrected chi connectivity index (χ0v) is 14.1. The van der Waals surface area contributed by atoms with Crippen LogP contribution in [-0.2, 0) is 6.61 Å². The van der Waals surface area contributed by atoms with Crippen LogP contribution in [0.5, 0.6) is 11.5 Å². The second-order valence-electron chi connectivity index (χ2n) is 5.66. The van der Waals surface area contributed by atoms with Crippen LogP contribution in [0, 0.1) is 6.92 Å². The van der Waals surface area contributed by atoms with E-state index in [-0.39, 0.29) is 5.76 Å². The summed E-state index contributed by atoms with van der Waals surface area (Å²) in [4.78, 5) is 24.0. The number of aromatic hydroxyl groups is 1. The minimum Gasteiger partial charge on any atom is -0.507 e. The maximum atomic E-state index is 12.2. The first-order chi connectivity index (χ1) is 12.5. The molecule has 0 aliphatic carbocycles. The van der Waals surface area contributed by atoms with Crippen LogP contribution in [0.2, 0.25) is 0 Å². The summed E-state index contributed by atoms with van der Waals surface area (Å²) in [6, 6.07) is 17.7. The van der Waals surface area contributed by atoms with E-state index in [1.807, 2.05) is 30.3 Å². The molecular formula is C20H17NO5. The summed E-state index contributed by atoms with van der Waals surface area (Å²) < 4.78 is 10.5. The second-order valence-corrected chi connectivity index (χ2v) is 5.66. The molecule has 6 nitrogen and oxygen atoms in total. The van der Waals surface area contributed by atoms with Crippen molar-refractivity contribution in [3.05, 3.63) is 88.0 Å². The molecule has 1 aromatic heterocycles. The predicted octanol–water partition coefficient (Wildman–Crippen LogP) is 3.49. The van der Waals surface area contributed by atoms with Gasteiger partial charge in [-0.1, -0.05) is 30.3 Å². The number of anilines is 1. The van der Waals surface area contributed by atoms with E-state index in [9.17, 15) is 14.7 Å². The van der Waals surface area contributed by atoms with Gasteiger partial charge in [-0.2, -0.15) is 0 Å². The average molecular weight is 351 g/mol. The molecule has 1 heterocycles. The van der Waals surface area contributed by atoms with Crippen molar-refractivity contribution in [2.75, 3.05) is 5.32 Å². The van der Waals surface area contributed by atoms with Crippen LogP contribution in [0.25, 0.3) is 0 Å². The first-order valence-corrected chi connectivity index (χ1v) is 7.95. The lowest BCUT2D eigenvalue weighted by atomic mass is 10.2. The Labute approximate surface area is 149 Å². The fourth-order valence-corrected chi connectivity index (χ4v) is 2.37. The summed E-state index contributed by atoms with van der Waals surface area (Å²) in [6.07, 6.45) is 0. The van der Waals surface area contributed by atoms with Gasteiger partial charge in [-0.15, -0.1) is 0 Å². The topological polar surface area (TPSA) is 88.8 Å². The van der Waals surface area contributed by atoms with Crippen LogP contribution < -0.4 is 15.7 Å². The molecule has 0 fully saturated rings. The smallest absolute Gasteiger partial charge is 0.352 e. The summed E-state index contributed by atoms with van der Waals surface area (Å²) in [7, 11) is 0. The van der Waals surface area contributed by atoms with Crippen molar-refractivity contribution in [3.63, 3.8) is 0 Å². The molecule has 0 saturated carbocycles. The molecule has 0 spiro atoms. The molecule has 3 aromatic rings. The van der Waals surface area contributed by atoms with Gasteiger partial charge in [0.25, 0.3) is 5.91 Å². The Hall–Kier alpha value is -3.54. The van der Waals surface area contributed by atoms with E-state index in [1.54, 1.807) is 24.3 Å². The second kappa shape index (κ2) is 7.57. The Balaban J connectivity index is 1.66. The fourth-order valence-electron chi connectivity index (χ4n) is 2.37. The molecule has 0 aliphatic rings. The van der Waals surface area contributed by atoms with Crippen molar-refractivity contribution in [2.24, 2.45) is 0 Å². The third kappa shape index (κ3) is 4.10. The highest BCUT2D eigenvalue weighted by atomic mass is 16.5. The molecule has 0 atom stereocenters. The number of benzene rings is 2. The number of hydrogen-bond acceptors (Lipinski definition) is 5. The number of amides is 1. The molecular weight excluding hydrogens is 334 g/mol. The van der Waals surface area contributed by atoms with Crippen LogP contribution in [0.15, 0.2) is 69.9 Å². The quantitative estimate of drug-likeness (QED) is 0.734. The van der Waals surface area contributed by atoms with Gasteiger partial charge in [-0.3, -0.25) is 4.79 Å². The van der Waals surface area contributed by atoms with Crippen molar-refractivity contribution in [1.29, 1.82) is 0 Å². The van der Waals surface area contributed by atoms with Crippen molar-refractivity contribution < 1.29 is 19.1 Å². The van der Waals surface area contributed by atoms with E-state index in [0.717, 1.165) is 5.56 Å². The summed E-state index contributed by atoms with van der Waals surface area (Å²) in [6.45, 7) is 1.95. The average Bonchev–Trinajstić information content (AvgIpc) is 2.61. The number of nitrogens with one attached hydrogen (secondary N) is 1. The predicted molar refractivity (Wildman–Crippen MR) is 96.5 cm³/mol. The standard InChI is InChI=1S/C20H17NO5/c1-13-11-17(22)18(20(24)26-13)19(23)21-15-7-9-16(10-8-15)25-12-14-5-3-2-4-6-14/h2-11,22H,12H2,1H3,(H,21,23). The van der Waals surface area contributed by atoms with Crippen LogP contribution >= 0.6 is 0 Å². The first-order valence-electron chi connectivity index (χ1n) is 7.95. The van der Waals surface area contributed by atoms with Crippen LogP contribution in [-0.4, -0.2) is 11.0 Å². The van der Waals surface area contributed by atoms with E-state index in [2.05, 4.69) is 5.32 Å². The van der Waals surface area contributed by atoms with Crippen molar-refractivity contribution >= 4 is 11.6 Å². The number of rotatable bonds is 5. The largest absolute Gasteiger partial charge is 0.507 e. The molecule has 2 aromatic carbocycles. The maximum Gasteiger partial charge on any atom is 0.352 e. The van der Waals surface area contributed by atoms with E-state index in [0.29, 0.717) is 18.0 Å². The molecule has 0 aliphatic heterocycles. The van der Waals surface area contributed by atoms with Gasteiger partial charge < -0.3 is 19.6 Å². The number of aryl methyl sites for hydroxylation is 1. The Morgan fingerprint density at radius 1 is 1.12 bits per heavy atom. The molecule has 26 heavy (non-hydrogen) atoms. The van der Waals surface area contributed by atoms with Crippen LogP contribution in [0.3, 0.4) is 0 Å². The lowest BCUT2D eigenvalue weighted by Crippen LogP contribution is -2.21. The van der Waals surface area contributed by atoms with Gasteiger partial charge in [-0.05, 0) is 36.8 Å². The molecule has 2 N–H and O–H groups in total. The summed E-state index contributed by atoms with van der Waals surface area (Å²) >= 11 is 0. The van der Waals surface area contributed by atoms with Gasteiger partial charge in [0.2, 0.25) is 0 Å². The SMILES string of the molecule is Cc1cc(O)c(C(=O)Nc2ccc(OCc3ccccc3)cc2)c(=O)o1. The lowest BCUT2D eigenvalue weighted by molar-refractivity contribution is 0.102. The monoisotopic (exact) mass is 351 g/mol. The lowest BCUT2D eigenvalue weighted by Gasteiger charge is -2.09. The Morgan fingerprint density at radius 2 is 1.81 bits per heavy atom. The molecule has 0 saturated heterocycles. The number of hydrogen-bond donors (Lipinski definition) is 2. The summed E-state index contributed by atoms with van der Waals surface area (Å²) in [5.74, 6) is -0.290. The minimum atomic E-state index is -0.886. The van der Waals surface area contributed by atoms with Gasteiger partial charge in [0.15, 0.2) is 5.56 Å².